The lowest BCUT2D eigenvalue weighted by atomic mass is 10.2. The van der Waals surface area contributed by atoms with Gasteiger partial charge in [-0.25, -0.2) is 0 Å². The van der Waals surface area contributed by atoms with Crippen LogP contribution in [0.3, 0.4) is 0 Å². The average Bonchev–Trinajstić information content (AvgIpc) is 2.52. The van der Waals surface area contributed by atoms with Gasteiger partial charge in [0.15, 0.2) is 0 Å². The second-order valence-corrected chi connectivity index (χ2v) is 8.57. The van der Waals surface area contributed by atoms with Crippen molar-refractivity contribution in [1.82, 2.24) is 10.3 Å². The average molecular weight is 236 g/mol. The normalized spacial score (nSPS) is 22.1. The molecule has 4 heteroatoms. The Labute approximate surface area is 98.4 Å². The Bertz CT molecular complexity index is 368. The zero-order valence-corrected chi connectivity index (χ0v) is 11.3. The molecule has 2 heterocycles. The first-order valence-electron chi connectivity index (χ1n) is 6.00. The van der Waals surface area contributed by atoms with Gasteiger partial charge in [0.2, 0.25) is 8.32 Å². The highest BCUT2D eigenvalue weighted by molar-refractivity contribution is 6.85. The Morgan fingerprint density at radius 2 is 2.31 bits per heavy atom. The molecule has 88 valence electrons. The van der Waals surface area contributed by atoms with E-state index < -0.39 is 8.32 Å². The fourth-order valence-corrected chi connectivity index (χ4v) is 4.34. The highest BCUT2D eigenvalue weighted by Gasteiger charge is 2.39. The van der Waals surface area contributed by atoms with Crippen LogP contribution in [0.5, 0.6) is 0 Å². The summed E-state index contributed by atoms with van der Waals surface area (Å²) in [5.74, 6) is 0. The molecular formula is C12H20N2OSi. The van der Waals surface area contributed by atoms with E-state index in [2.05, 4.69) is 36.4 Å². The molecule has 0 amide bonds. The molecule has 2 rings (SSSR count). The molecule has 1 aliphatic rings. The molecule has 0 aliphatic carbocycles. The number of nitrogens with one attached hydrogen (secondary N) is 1. The summed E-state index contributed by atoms with van der Waals surface area (Å²) in [4.78, 5) is 4.21. The van der Waals surface area contributed by atoms with Crippen LogP contribution in [0.2, 0.25) is 13.1 Å². The zero-order valence-electron chi connectivity index (χ0n) is 10.3. The van der Waals surface area contributed by atoms with Crippen LogP contribution in [-0.4, -0.2) is 19.8 Å². The largest absolute Gasteiger partial charge is 0.394 e. The van der Waals surface area contributed by atoms with E-state index in [-0.39, 0.29) is 6.23 Å². The second kappa shape index (κ2) is 4.65. The van der Waals surface area contributed by atoms with Crippen molar-refractivity contribution in [3.05, 3.63) is 24.0 Å². The zero-order chi connectivity index (χ0) is 11.6. The minimum absolute atomic E-state index is 0.0891. The van der Waals surface area contributed by atoms with Gasteiger partial charge in [-0.3, -0.25) is 10.3 Å². The number of rotatable bonds is 4. The Hall–Kier alpha value is -0.713. The van der Waals surface area contributed by atoms with Crippen molar-refractivity contribution in [3.8, 4) is 0 Å². The summed E-state index contributed by atoms with van der Waals surface area (Å²) in [6.45, 7) is 7.69. The van der Waals surface area contributed by atoms with E-state index in [0.29, 0.717) is 0 Å². The molecule has 1 aromatic rings. The lowest BCUT2D eigenvalue weighted by Gasteiger charge is -2.19. The molecule has 0 aromatic carbocycles. The van der Waals surface area contributed by atoms with E-state index in [1.807, 2.05) is 12.4 Å². The molecule has 1 atom stereocenters. The maximum atomic E-state index is 6.15. The number of pyridine rings is 1. The summed E-state index contributed by atoms with van der Waals surface area (Å²) in [5, 5.41) is 4.82. The molecule has 1 N–H and O–H groups in total. The molecule has 0 bridgehead atoms. The molecule has 0 fully saturated rings. The van der Waals surface area contributed by atoms with Crippen LogP contribution >= 0.6 is 0 Å². The number of fused-ring (bicyclic) bond motifs is 1. The summed E-state index contributed by atoms with van der Waals surface area (Å²) in [7, 11) is -1.71. The van der Waals surface area contributed by atoms with Crippen LogP contribution in [0.25, 0.3) is 0 Å². The predicted molar refractivity (Wildman–Crippen MR) is 68.1 cm³/mol. The highest BCUT2D eigenvalue weighted by Crippen LogP contribution is 2.27. The molecule has 0 saturated carbocycles. The Kier molecular flexibility index (Phi) is 3.42. The highest BCUT2D eigenvalue weighted by atomic mass is 28.4. The van der Waals surface area contributed by atoms with Crippen LogP contribution < -0.4 is 10.5 Å². The number of hydrogen-bond donors (Lipinski definition) is 1. The third-order valence-electron chi connectivity index (χ3n) is 3.06. The van der Waals surface area contributed by atoms with Gasteiger partial charge < -0.3 is 4.43 Å². The van der Waals surface area contributed by atoms with Gasteiger partial charge in [0, 0.05) is 12.4 Å². The van der Waals surface area contributed by atoms with Crippen LogP contribution in [0.4, 0.5) is 0 Å². The van der Waals surface area contributed by atoms with Crippen molar-refractivity contribution in [2.75, 3.05) is 6.54 Å². The van der Waals surface area contributed by atoms with Crippen LogP contribution in [0.15, 0.2) is 18.5 Å². The monoisotopic (exact) mass is 236 g/mol. The molecule has 1 aromatic heterocycles. The molecule has 0 spiro atoms. The molecule has 0 radical (unpaired) electrons. The third-order valence-corrected chi connectivity index (χ3v) is 5.60. The van der Waals surface area contributed by atoms with Gasteiger partial charge in [-0.15, -0.1) is 0 Å². The smallest absolute Gasteiger partial charge is 0.222 e. The number of aromatic nitrogens is 1. The summed E-state index contributed by atoms with van der Waals surface area (Å²) < 4.78 is 6.15. The van der Waals surface area contributed by atoms with Crippen molar-refractivity contribution in [2.24, 2.45) is 0 Å². The van der Waals surface area contributed by atoms with Crippen molar-refractivity contribution in [1.29, 1.82) is 0 Å². The fourth-order valence-electron chi connectivity index (χ4n) is 2.12. The molecular weight excluding hydrogens is 216 g/mol. The van der Waals surface area contributed by atoms with Gasteiger partial charge in [0.25, 0.3) is 0 Å². The number of nitrogens with zero attached hydrogens (tertiary/aromatic N) is 1. The van der Waals surface area contributed by atoms with Gasteiger partial charge in [-0.1, -0.05) is 13.3 Å². The van der Waals surface area contributed by atoms with Crippen molar-refractivity contribution in [2.45, 2.75) is 39.1 Å². The lowest BCUT2D eigenvalue weighted by Crippen LogP contribution is -2.40. The molecule has 1 unspecified atom stereocenters. The standard InChI is InChI=1S/C12H20N2OSi/c1-4-5-7-14-12-10-6-8-13-9-11(10)16(2,3)15-12/h6,8-9,12,14H,4-5,7H2,1-3H3. The van der Waals surface area contributed by atoms with Gasteiger partial charge in [0.1, 0.15) is 6.23 Å². The minimum atomic E-state index is -1.71. The van der Waals surface area contributed by atoms with Crippen molar-refractivity contribution >= 4 is 13.5 Å². The lowest BCUT2D eigenvalue weighted by molar-refractivity contribution is 0.174. The van der Waals surface area contributed by atoms with Gasteiger partial charge in [-0.05, 0) is 42.9 Å². The molecule has 3 nitrogen and oxygen atoms in total. The van der Waals surface area contributed by atoms with Crippen LogP contribution in [-0.2, 0) is 4.43 Å². The maximum Gasteiger partial charge on any atom is 0.222 e. The van der Waals surface area contributed by atoms with Gasteiger partial charge in [-0.2, -0.15) is 0 Å². The van der Waals surface area contributed by atoms with E-state index >= 15 is 0 Å². The SMILES string of the molecule is CCCCNC1O[Si](C)(C)c2cnccc21. The first kappa shape index (κ1) is 11.8. The maximum absolute atomic E-state index is 6.15. The summed E-state index contributed by atoms with van der Waals surface area (Å²) >= 11 is 0. The van der Waals surface area contributed by atoms with E-state index in [4.69, 9.17) is 4.43 Å². The minimum Gasteiger partial charge on any atom is -0.394 e. The van der Waals surface area contributed by atoms with E-state index in [9.17, 15) is 0 Å². The molecule has 0 saturated heterocycles. The topological polar surface area (TPSA) is 34.1 Å². The number of hydrogen-bond acceptors (Lipinski definition) is 3. The van der Waals surface area contributed by atoms with Crippen LogP contribution in [0, 0.1) is 0 Å². The van der Waals surface area contributed by atoms with Gasteiger partial charge >= 0.3 is 0 Å². The molecule has 16 heavy (non-hydrogen) atoms. The first-order chi connectivity index (χ1) is 7.65. The van der Waals surface area contributed by atoms with E-state index in [1.54, 1.807) is 0 Å². The molecule has 1 aliphatic heterocycles. The Morgan fingerprint density at radius 3 is 3.06 bits per heavy atom. The van der Waals surface area contributed by atoms with Crippen LogP contribution in [0.1, 0.15) is 31.6 Å². The second-order valence-electron chi connectivity index (χ2n) is 4.78. The Morgan fingerprint density at radius 1 is 1.50 bits per heavy atom. The fraction of sp³-hybridized carbons (Fsp3) is 0.583. The quantitative estimate of drug-likeness (QED) is 0.640. The summed E-state index contributed by atoms with van der Waals surface area (Å²) in [5.41, 5.74) is 1.29. The Balaban J connectivity index is 2.13. The predicted octanol–water partition coefficient (Wildman–Crippen LogP) is 1.91. The van der Waals surface area contributed by atoms with E-state index in [0.717, 1.165) is 6.54 Å². The third kappa shape index (κ3) is 2.19. The van der Waals surface area contributed by atoms with Crippen molar-refractivity contribution < 1.29 is 4.43 Å². The van der Waals surface area contributed by atoms with E-state index in [1.165, 1.54) is 23.6 Å². The van der Waals surface area contributed by atoms with Crippen molar-refractivity contribution in [3.63, 3.8) is 0 Å². The summed E-state index contributed by atoms with van der Waals surface area (Å²) in [6.07, 6.45) is 6.33. The number of unbranched alkanes of at least 4 members (excludes halogenated alkanes) is 1. The van der Waals surface area contributed by atoms with Gasteiger partial charge in [0.05, 0.1) is 0 Å². The summed E-state index contributed by atoms with van der Waals surface area (Å²) in [6, 6.07) is 2.08. The first-order valence-corrected chi connectivity index (χ1v) is 8.91.